The molecule has 2 aliphatic carbocycles. The van der Waals surface area contributed by atoms with Crippen molar-refractivity contribution in [2.45, 2.75) is 63.4 Å². The number of hydrogen-bond acceptors (Lipinski definition) is 3. The molecule has 0 amide bonds. The van der Waals surface area contributed by atoms with Gasteiger partial charge in [-0.25, -0.2) is 0 Å². The lowest BCUT2D eigenvalue weighted by Crippen LogP contribution is -2.15. The Hall–Kier alpha value is -1.51. The number of rotatable bonds is 5. The molecule has 120 valence electrons. The van der Waals surface area contributed by atoms with Crippen molar-refractivity contribution in [3.8, 4) is 11.5 Å². The lowest BCUT2D eigenvalue weighted by atomic mass is 9.79. The Morgan fingerprint density at radius 3 is 2.36 bits per heavy atom. The Morgan fingerprint density at radius 1 is 1.00 bits per heavy atom. The molecule has 0 radical (unpaired) electrons. The monoisotopic (exact) mass is 302 g/mol. The molecule has 2 fully saturated rings. The van der Waals surface area contributed by atoms with E-state index in [9.17, 15) is 4.79 Å². The number of carbonyl (C=O) groups is 1. The van der Waals surface area contributed by atoms with Crippen LogP contribution in [0.3, 0.4) is 0 Å². The third-order valence-corrected chi connectivity index (χ3v) is 5.22. The standard InChI is InChI=1S/C19H26O3/c1-21-18-11-10-16(15-8-6-14(13-20)7-9-15)12-19(18)22-17-4-2-3-5-17/h10-15,17H,2-9H2,1H3. The summed E-state index contributed by atoms with van der Waals surface area (Å²) in [5, 5.41) is 0. The van der Waals surface area contributed by atoms with E-state index in [4.69, 9.17) is 9.47 Å². The number of aldehydes is 1. The zero-order valence-electron chi connectivity index (χ0n) is 13.4. The van der Waals surface area contributed by atoms with Crippen molar-refractivity contribution in [1.82, 2.24) is 0 Å². The minimum absolute atomic E-state index is 0.267. The first-order valence-electron chi connectivity index (χ1n) is 8.60. The zero-order chi connectivity index (χ0) is 15.4. The van der Waals surface area contributed by atoms with Crippen molar-refractivity contribution in [2.24, 2.45) is 5.92 Å². The van der Waals surface area contributed by atoms with E-state index in [0.717, 1.165) is 56.3 Å². The quantitative estimate of drug-likeness (QED) is 0.752. The van der Waals surface area contributed by atoms with Crippen LogP contribution >= 0.6 is 0 Å². The van der Waals surface area contributed by atoms with Crippen molar-refractivity contribution < 1.29 is 14.3 Å². The van der Waals surface area contributed by atoms with Crippen molar-refractivity contribution in [1.29, 1.82) is 0 Å². The third-order valence-electron chi connectivity index (χ3n) is 5.22. The topological polar surface area (TPSA) is 35.5 Å². The van der Waals surface area contributed by atoms with Gasteiger partial charge in [-0.2, -0.15) is 0 Å². The first kappa shape index (κ1) is 15.4. The molecule has 0 aliphatic heterocycles. The number of methoxy groups -OCH3 is 1. The molecule has 0 N–H and O–H groups in total. The van der Waals surface area contributed by atoms with Crippen LogP contribution in [0.15, 0.2) is 18.2 Å². The second-order valence-corrected chi connectivity index (χ2v) is 6.68. The van der Waals surface area contributed by atoms with E-state index in [1.165, 1.54) is 18.4 Å². The molecule has 0 saturated heterocycles. The fraction of sp³-hybridized carbons (Fsp3) is 0.632. The molecule has 0 bridgehead atoms. The molecule has 0 unspecified atom stereocenters. The van der Waals surface area contributed by atoms with E-state index in [0.29, 0.717) is 12.0 Å². The molecule has 22 heavy (non-hydrogen) atoms. The van der Waals surface area contributed by atoms with Crippen molar-refractivity contribution in [3.63, 3.8) is 0 Å². The summed E-state index contributed by atoms with van der Waals surface area (Å²) in [6.07, 6.45) is 10.5. The van der Waals surface area contributed by atoms with Crippen LogP contribution in [-0.4, -0.2) is 19.5 Å². The summed E-state index contributed by atoms with van der Waals surface area (Å²) < 4.78 is 11.7. The van der Waals surface area contributed by atoms with E-state index in [-0.39, 0.29) is 5.92 Å². The van der Waals surface area contributed by atoms with Crippen LogP contribution in [0.2, 0.25) is 0 Å². The van der Waals surface area contributed by atoms with Crippen molar-refractivity contribution in [3.05, 3.63) is 23.8 Å². The molecule has 3 nitrogen and oxygen atoms in total. The molecular formula is C19H26O3. The Kier molecular flexibility index (Phi) is 5.01. The van der Waals surface area contributed by atoms with Gasteiger partial charge in [-0.3, -0.25) is 0 Å². The third kappa shape index (κ3) is 3.45. The van der Waals surface area contributed by atoms with Crippen LogP contribution in [0.5, 0.6) is 11.5 Å². The molecule has 0 aromatic heterocycles. The maximum absolute atomic E-state index is 10.9. The van der Waals surface area contributed by atoms with Gasteiger partial charge in [-0.1, -0.05) is 6.07 Å². The van der Waals surface area contributed by atoms with Gasteiger partial charge in [0.2, 0.25) is 0 Å². The smallest absolute Gasteiger partial charge is 0.161 e. The number of carbonyl (C=O) groups excluding carboxylic acids is 1. The van der Waals surface area contributed by atoms with Crippen LogP contribution in [0.25, 0.3) is 0 Å². The van der Waals surface area contributed by atoms with Gasteiger partial charge >= 0.3 is 0 Å². The van der Waals surface area contributed by atoms with E-state index in [1.54, 1.807) is 7.11 Å². The van der Waals surface area contributed by atoms with Crippen molar-refractivity contribution >= 4 is 6.29 Å². The van der Waals surface area contributed by atoms with E-state index < -0.39 is 0 Å². The molecule has 3 rings (SSSR count). The van der Waals surface area contributed by atoms with E-state index in [1.807, 2.05) is 6.07 Å². The lowest BCUT2D eigenvalue weighted by Gasteiger charge is -2.26. The summed E-state index contributed by atoms with van der Waals surface area (Å²) in [5.41, 5.74) is 1.33. The minimum atomic E-state index is 0.267. The first-order valence-corrected chi connectivity index (χ1v) is 8.60. The molecule has 2 saturated carbocycles. The van der Waals surface area contributed by atoms with Gasteiger partial charge in [-0.05, 0) is 75.0 Å². The van der Waals surface area contributed by atoms with Crippen LogP contribution in [-0.2, 0) is 4.79 Å². The number of ether oxygens (including phenoxy) is 2. The summed E-state index contributed by atoms with van der Waals surface area (Å²) in [6, 6.07) is 6.36. The van der Waals surface area contributed by atoms with E-state index in [2.05, 4.69) is 12.1 Å². The average molecular weight is 302 g/mol. The van der Waals surface area contributed by atoms with Crippen LogP contribution < -0.4 is 9.47 Å². The van der Waals surface area contributed by atoms with Gasteiger partial charge in [-0.15, -0.1) is 0 Å². The Bertz CT molecular complexity index is 497. The molecule has 0 atom stereocenters. The minimum Gasteiger partial charge on any atom is -0.493 e. The Morgan fingerprint density at radius 2 is 1.73 bits per heavy atom. The predicted molar refractivity (Wildman–Crippen MR) is 86.6 cm³/mol. The summed E-state index contributed by atoms with van der Waals surface area (Å²) in [4.78, 5) is 10.9. The first-order chi connectivity index (χ1) is 10.8. The highest BCUT2D eigenvalue weighted by Crippen LogP contribution is 2.39. The van der Waals surface area contributed by atoms with Crippen LogP contribution in [0.4, 0.5) is 0 Å². The maximum Gasteiger partial charge on any atom is 0.161 e. The Balaban J connectivity index is 1.73. The molecule has 0 spiro atoms. The van der Waals surface area contributed by atoms with Gasteiger partial charge in [0.05, 0.1) is 13.2 Å². The van der Waals surface area contributed by atoms with Gasteiger partial charge in [0, 0.05) is 5.92 Å². The molecule has 3 heteroatoms. The fourth-order valence-corrected chi connectivity index (χ4v) is 3.81. The molecule has 1 aromatic rings. The van der Waals surface area contributed by atoms with Gasteiger partial charge in [0.25, 0.3) is 0 Å². The summed E-state index contributed by atoms with van der Waals surface area (Å²) >= 11 is 0. The maximum atomic E-state index is 10.9. The highest BCUT2D eigenvalue weighted by Gasteiger charge is 2.24. The predicted octanol–water partition coefficient (Wildman–Crippen LogP) is 4.49. The van der Waals surface area contributed by atoms with Crippen LogP contribution in [0, 0.1) is 5.92 Å². The highest BCUT2D eigenvalue weighted by molar-refractivity contribution is 5.53. The largest absolute Gasteiger partial charge is 0.493 e. The summed E-state index contributed by atoms with van der Waals surface area (Å²) in [5.74, 6) is 2.54. The molecule has 2 aliphatic rings. The normalized spacial score (nSPS) is 25.9. The SMILES string of the molecule is COc1ccc(C2CCC(C=O)CC2)cc1OC1CCCC1. The number of benzene rings is 1. The van der Waals surface area contributed by atoms with E-state index >= 15 is 0 Å². The lowest BCUT2D eigenvalue weighted by molar-refractivity contribution is -0.111. The van der Waals surface area contributed by atoms with Crippen LogP contribution in [0.1, 0.15) is 62.8 Å². The van der Waals surface area contributed by atoms with Gasteiger partial charge in [0.1, 0.15) is 6.29 Å². The molecular weight excluding hydrogens is 276 g/mol. The molecule has 1 aromatic carbocycles. The average Bonchev–Trinajstić information content (AvgIpc) is 3.08. The number of hydrogen-bond donors (Lipinski definition) is 0. The second kappa shape index (κ2) is 7.17. The fourth-order valence-electron chi connectivity index (χ4n) is 3.81. The van der Waals surface area contributed by atoms with Crippen molar-refractivity contribution in [2.75, 3.05) is 7.11 Å². The Labute approximate surface area is 133 Å². The second-order valence-electron chi connectivity index (χ2n) is 6.68. The van der Waals surface area contributed by atoms with Gasteiger partial charge in [0.15, 0.2) is 11.5 Å². The highest BCUT2D eigenvalue weighted by atomic mass is 16.5. The zero-order valence-corrected chi connectivity index (χ0v) is 13.4. The summed E-state index contributed by atoms with van der Waals surface area (Å²) in [7, 11) is 1.70. The summed E-state index contributed by atoms with van der Waals surface area (Å²) in [6.45, 7) is 0. The van der Waals surface area contributed by atoms with Gasteiger partial charge < -0.3 is 14.3 Å². The molecule has 0 heterocycles.